The highest BCUT2D eigenvalue weighted by Gasteiger charge is 2.25. The molecule has 3 N–H and O–H groups in total. The lowest BCUT2D eigenvalue weighted by Crippen LogP contribution is -2.45. The molecule has 0 bridgehead atoms. The molecule has 2 aliphatic rings. The quantitative estimate of drug-likeness (QED) is 0.698. The molecule has 0 unspecified atom stereocenters. The fraction of sp³-hybridized carbons (Fsp3) is 0.733. The minimum atomic E-state index is -0.809. The van der Waals surface area contributed by atoms with Gasteiger partial charge in [-0.2, -0.15) is 0 Å². The van der Waals surface area contributed by atoms with Crippen molar-refractivity contribution >= 4 is 23.2 Å². The average Bonchev–Trinajstić information content (AvgIpc) is 3.07. The van der Waals surface area contributed by atoms with Crippen molar-refractivity contribution in [3.63, 3.8) is 0 Å². The molecule has 1 amide bonds. The minimum absolute atomic E-state index is 0.0661. The van der Waals surface area contributed by atoms with E-state index in [0.29, 0.717) is 24.0 Å². The lowest BCUT2D eigenvalue weighted by molar-refractivity contribution is -0.138. The van der Waals surface area contributed by atoms with Crippen LogP contribution >= 0.6 is 11.3 Å². The first-order valence-corrected chi connectivity index (χ1v) is 9.22. The van der Waals surface area contributed by atoms with Crippen molar-refractivity contribution in [2.24, 2.45) is 0 Å². The Morgan fingerprint density at radius 3 is 2.58 bits per heavy atom. The summed E-state index contributed by atoms with van der Waals surface area (Å²) in [5, 5.41) is 24.8. The van der Waals surface area contributed by atoms with Gasteiger partial charge in [0.15, 0.2) is 0 Å². The van der Waals surface area contributed by atoms with Crippen LogP contribution in [0.1, 0.15) is 46.4 Å². The first-order chi connectivity index (χ1) is 11.6. The Kier molecular flexibility index (Phi) is 5.75. The molecule has 2 fully saturated rings. The molecule has 132 valence electrons. The number of carbonyl (C=O) groups excluding carboxylic acids is 1. The molecule has 3 heterocycles. The Morgan fingerprint density at radius 2 is 1.92 bits per heavy atom. The molecule has 1 aromatic rings. The van der Waals surface area contributed by atoms with Crippen LogP contribution < -0.4 is 10.6 Å². The maximum Gasteiger partial charge on any atom is 0.317 e. The molecule has 0 aliphatic carbocycles. The standard InChI is InChI=1S/C15H23N5O3S/c21-12(22)9-20-7-3-11(4-8-20)17-13(23)15-19-18-14(24-15)10-1-5-16-6-2-10/h10-11,16H,1-9H2,(H,17,23)(H,21,22). The SMILES string of the molecule is O=C(O)CN1CCC(NC(=O)c2nnc(C3CCNCC3)s2)CC1. The highest BCUT2D eigenvalue weighted by atomic mass is 32.1. The molecule has 0 atom stereocenters. The molecule has 2 aliphatic heterocycles. The smallest absolute Gasteiger partial charge is 0.317 e. The normalized spacial score (nSPS) is 20.8. The van der Waals surface area contributed by atoms with Gasteiger partial charge in [-0.3, -0.25) is 14.5 Å². The van der Waals surface area contributed by atoms with E-state index in [1.165, 1.54) is 11.3 Å². The van der Waals surface area contributed by atoms with Gasteiger partial charge in [0.2, 0.25) is 5.01 Å². The summed E-state index contributed by atoms with van der Waals surface area (Å²) in [6.07, 6.45) is 3.61. The first-order valence-electron chi connectivity index (χ1n) is 8.41. The zero-order valence-corrected chi connectivity index (χ0v) is 14.3. The summed E-state index contributed by atoms with van der Waals surface area (Å²) < 4.78 is 0. The van der Waals surface area contributed by atoms with Crippen LogP contribution in [0.15, 0.2) is 0 Å². The molecule has 2 saturated heterocycles. The van der Waals surface area contributed by atoms with Crippen molar-refractivity contribution in [3.05, 3.63) is 10.0 Å². The van der Waals surface area contributed by atoms with Gasteiger partial charge in [-0.15, -0.1) is 10.2 Å². The van der Waals surface area contributed by atoms with E-state index in [1.807, 2.05) is 4.90 Å². The van der Waals surface area contributed by atoms with E-state index in [4.69, 9.17) is 5.11 Å². The maximum absolute atomic E-state index is 12.3. The summed E-state index contributed by atoms with van der Waals surface area (Å²) in [5.41, 5.74) is 0. The predicted molar refractivity (Wildman–Crippen MR) is 89.3 cm³/mol. The van der Waals surface area contributed by atoms with Gasteiger partial charge in [-0.05, 0) is 38.8 Å². The molecule has 0 saturated carbocycles. The lowest BCUT2D eigenvalue weighted by atomic mass is 9.99. The molecular weight excluding hydrogens is 330 g/mol. The Labute approximate surface area is 144 Å². The number of carboxylic acids is 1. The minimum Gasteiger partial charge on any atom is -0.480 e. The summed E-state index contributed by atoms with van der Waals surface area (Å²) >= 11 is 1.39. The summed E-state index contributed by atoms with van der Waals surface area (Å²) in [6.45, 7) is 3.42. The summed E-state index contributed by atoms with van der Waals surface area (Å²) in [7, 11) is 0. The third kappa shape index (κ3) is 4.49. The molecule has 0 spiro atoms. The van der Waals surface area contributed by atoms with Gasteiger partial charge in [0.25, 0.3) is 5.91 Å². The number of carboxylic acid groups (broad SMARTS) is 1. The summed E-state index contributed by atoms with van der Waals surface area (Å²) in [4.78, 5) is 25.0. The second kappa shape index (κ2) is 8.00. The van der Waals surface area contributed by atoms with E-state index in [2.05, 4.69) is 20.8 Å². The van der Waals surface area contributed by atoms with Crippen LogP contribution in [0.3, 0.4) is 0 Å². The monoisotopic (exact) mass is 353 g/mol. The number of aliphatic carboxylic acids is 1. The summed E-state index contributed by atoms with van der Waals surface area (Å²) in [6, 6.07) is 0.0776. The van der Waals surface area contributed by atoms with Gasteiger partial charge in [-0.1, -0.05) is 11.3 Å². The van der Waals surface area contributed by atoms with Crippen molar-refractivity contribution in [2.45, 2.75) is 37.6 Å². The number of nitrogens with zero attached hydrogens (tertiary/aromatic N) is 3. The number of hydrogen-bond donors (Lipinski definition) is 3. The number of aromatic nitrogens is 2. The zero-order chi connectivity index (χ0) is 16.9. The molecule has 9 heteroatoms. The Balaban J connectivity index is 1.49. The van der Waals surface area contributed by atoms with E-state index in [1.54, 1.807) is 0 Å². The molecule has 24 heavy (non-hydrogen) atoms. The van der Waals surface area contributed by atoms with Crippen molar-refractivity contribution in [2.75, 3.05) is 32.7 Å². The number of piperidine rings is 2. The number of rotatable bonds is 5. The second-order valence-corrected chi connectivity index (χ2v) is 7.40. The van der Waals surface area contributed by atoms with E-state index in [9.17, 15) is 9.59 Å². The van der Waals surface area contributed by atoms with Gasteiger partial charge in [0.05, 0.1) is 6.54 Å². The number of nitrogens with one attached hydrogen (secondary N) is 2. The number of hydrogen-bond acceptors (Lipinski definition) is 7. The van der Waals surface area contributed by atoms with Gasteiger partial charge in [0.1, 0.15) is 5.01 Å². The molecule has 8 nitrogen and oxygen atoms in total. The predicted octanol–water partition coefficient (Wildman–Crippen LogP) is 0.284. The molecule has 3 rings (SSSR count). The number of likely N-dealkylation sites (tertiary alicyclic amines) is 1. The highest BCUT2D eigenvalue weighted by Crippen LogP contribution is 2.27. The third-order valence-corrected chi connectivity index (χ3v) is 5.69. The number of amides is 1. The largest absolute Gasteiger partial charge is 0.480 e. The Hall–Kier alpha value is -1.58. The van der Waals surface area contributed by atoms with E-state index < -0.39 is 5.97 Å². The maximum atomic E-state index is 12.3. The topological polar surface area (TPSA) is 107 Å². The van der Waals surface area contributed by atoms with Crippen molar-refractivity contribution in [1.29, 1.82) is 0 Å². The highest BCUT2D eigenvalue weighted by molar-refractivity contribution is 7.13. The van der Waals surface area contributed by atoms with Gasteiger partial charge >= 0.3 is 5.97 Å². The molecule has 0 radical (unpaired) electrons. The Bertz CT molecular complexity index is 579. The van der Waals surface area contributed by atoms with E-state index >= 15 is 0 Å². The van der Waals surface area contributed by atoms with Crippen LogP contribution in [0.5, 0.6) is 0 Å². The Morgan fingerprint density at radius 1 is 1.21 bits per heavy atom. The van der Waals surface area contributed by atoms with Gasteiger partial charge in [0, 0.05) is 25.0 Å². The average molecular weight is 353 g/mol. The van der Waals surface area contributed by atoms with E-state index in [-0.39, 0.29) is 18.5 Å². The fourth-order valence-electron chi connectivity index (χ4n) is 3.23. The van der Waals surface area contributed by atoms with Crippen molar-refractivity contribution < 1.29 is 14.7 Å². The number of carbonyl (C=O) groups is 2. The molecule has 1 aromatic heterocycles. The van der Waals surface area contributed by atoms with Crippen molar-refractivity contribution in [1.82, 2.24) is 25.7 Å². The van der Waals surface area contributed by atoms with Crippen LogP contribution in [-0.2, 0) is 4.79 Å². The summed E-state index contributed by atoms with van der Waals surface area (Å²) in [5.74, 6) is -0.564. The molecule has 0 aromatic carbocycles. The van der Waals surface area contributed by atoms with Crippen LogP contribution in [0.4, 0.5) is 0 Å². The van der Waals surface area contributed by atoms with Crippen molar-refractivity contribution in [3.8, 4) is 0 Å². The molecular formula is C15H23N5O3S. The zero-order valence-electron chi connectivity index (χ0n) is 13.5. The van der Waals surface area contributed by atoms with Crippen LogP contribution in [0.2, 0.25) is 0 Å². The first kappa shape index (κ1) is 17.2. The van der Waals surface area contributed by atoms with E-state index in [0.717, 1.165) is 43.8 Å². The lowest BCUT2D eigenvalue weighted by Gasteiger charge is -2.30. The van der Waals surface area contributed by atoms with Crippen LogP contribution in [-0.4, -0.2) is 70.8 Å². The van der Waals surface area contributed by atoms with Crippen LogP contribution in [0.25, 0.3) is 0 Å². The van der Waals surface area contributed by atoms with Gasteiger partial charge in [-0.25, -0.2) is 0 Å². The fourth-order valence-corrected chi connectivity index (χ4v) is 4.15. The second-order valence-electron chi connectivity index (χ2n) is 6.39. The third-order valence-electron chi connectivity index (χ3n) is 4.60. The van der Waals surface area contributed by atoms with Crippen LogP contribution in [0, 0.1) is 0 Å². The van der Waals surface area contributed by atoms with Gasteiger partial charge < -0.3 is 15.7 Å².